The first-order chi connectivity index (χ1) is 13.0. The van der Waals surface area contributed by atoms with Crippen LogP contribution in [0.4, 0.5) is 10.1 Å². The molecule has 3 heterocycles. The van der Waals surface area contributed by atoms with Gasteiger partial charge in [-0.05, 0) is 43.4 Å². The second kappa shape index (κ2) is 5.72. The van der Waals surface area contributed by atoms with Crippen LogP contribution in [0.25, 0.3) is 16.6 Å². The van der Waals surface area contributed by atoms with Crippen LogP contribution in [-0.2, 0) is 0 Å². The summed E-state index contributed by atoms with van der Waals surface area (Å²) in [6, 6.07) is 9.40. The van der Waals surface area contributed by atoms with E-state index in [4.69, 9.17) is 0 Å². The summed E-state index contributed by atoms with van der Waals surface area (Å²) in [5, 5.41) is 0.446. The number of nitrogens with zero attached hydrogens (tertiary/aromatic N) is 4. The number of fused-ring (bicyclic) bond motifs is 4. The molecule has 0 spiro atoms. The van der Waals surface area contributed by atoms with Crippen molar-refractivity contribution in [3.8, 4) is 5.69 Å². The minimum atomic E-state index is -0.509. The fourth-order valence-corrected chi connectivity index (χ4v) is 3.82. The predicted molar refractivity (Wildman–Crippen MR) is 100 cm³/mol. The molecule has 0 unspecified atom stereocenters. The summed E-state index contributed by atoms with van der Waals surface area (Å²) in [7, 11) is 2.09. The Kier molecular flexibility index (Phi) is 3.42. The number of aromatic nitrogens is 2. The number of carbonyl (C=O) groups excluding carboxylic acids is 1. The maximum atomic E-state index is 13.6. The Labute approximate surface area is 154 Å². The highest BCUT2D eigenvalue weighted by Crippen LogP contribution is 2.28. The molecular weight excluding hydrogens is 347 g/mol. The van der Waals surface area contributed by atoms with Gasteiger partial charge in [-0.15, -0.1) is 0 Å². The van der Waals surface area contributed by atoms with Gasteiger partial charge < -0.3 is 9.80 Å². The topological polar surface area (TPSA) is 58.4 Å². The number of anilines is 1. The lowest BCUT2D eigenvalue weighted by Gasteiger charge is -2.34. The van der Waals surface area contributed by atoms with E-state index in [0.717, 1.165) is 37.9 Å². The van der Waals surface area contributed by atoms with Crippen LogP contribution in [0.15, 0.2) is 41.2 Å². The van der Waals surface area contributed by atoms with E-state index in [0.29, 0.717) is 16.6 Å². The van der Waals surface area contributed by atoms with Gasteiger partial charge in [0.25, 0.3) is 5.56 Å². The molecule has 0 aliphatic carbocycles. The maximum absolute atomic E-state index is 13.6. The average molecular weight is 364 g/mol. The standard InChI is InChI=1S/C20H17FN4O2/c1-23-6-8-24(9-7-23)13-3-4-14-16(11-13)22-19-18(26)15-10-12(21)2-5-17(15)25(19)20(14)27/h2-5,10-11H,6-9H2,1H3. The smallest absolute Gasteiger partial charge is 0.266 e. The molecule has 0 bridgehead atoms. The van der Waals surface area contributed by atoms with E-state index in [2.05, 4.69) is 21.8 Å². The van der Waals surface area contributed by atoms with Crippen molar-refractivity contribution in [1.29, 1.82) is 0 Å². The molecule has 0 N–H and O–H groups in total. The number of benzene rings is 2. The van der Waals surface area contributed by atoms with Gasteiger partial charge in [-0.1, -0.05) is 0 Å². The number of ketones is 1. The Bertz CT molecular complexity index is 1160. The van der Waals surface area contributed by atoms with E-state index in [1.54, 1.807) is 6.07 Å². The zero-order chi connectivity index (χ0) is 18.7. The normalized spacial score (nSPS) is 16.7. The molecule has 6 nitrogen and oxygen atoms in total. The summed E-state index contributed by atoms with van der Waals surface area (Å²) in [5.41, 5.74) is 1.73. The van der Waals surface area contributed by atoms with E-state index in [1.807, 2.05) is 12.1 Å². The highest BCUT2D eigenvalue weighted by Gasteiger charge is 2.30. The summed E-state index contributed by atoms with van der Waals surface area (Å²) in [5.74, 6) is -0.887. The number of carbonyl (C=O) groups is 1. The third kappa shape index (κ3) is 2.39. The van der Waals surface area contributed by atoms with E-state index in [1.165, 1.54) is 16.7 Å². The minimum absolute atomic E-state index is 0.0450. The summed E-state index contributed by atoms with van der Waals surface area (Å²) in [4.78, 5) is 34.6. The van der Waals surface area contributed by atoms with Crippen LogP contribution in [0, 0.1) is 5.82 Å². The van der Waals surface area contributed by atoms with Crippen LogP contribution in [0.3, 0.4) is 0 Å². The number of hydrogen-bond donors (Lipinski definition) is 0. The highest BCUT2D eigenvalue weighted by atomic mass is 19.1. The van der Waals surface area contributed by atoms with Crippen molar-refractivity contribution < 1.29 is 9.18 Å². The first-order valence-electron chi connectivity index (χ1n) is 8.88. The Hall–Kier alpha value is -3.06. The van der Waals surface area contributed by atoms with Gasteiger partial charge in [0.1, 0.15) is 5.82 Å². The molecule has 1 aromatic heterocycles. The molecule has 5 rings (SSSR count). The highest BCUT2D eigenvalue weighted by molar-refractivity contribution is 6.13. The SMILES string of the molecule is CN1CCN(c2ccc3c(=O)n4c(nc3c2)C(=O)c2cc(F)ccc2-4)CC1. The molecule has 0 radical (unpaired) electrons. The summed E-state index contributed by atoms with van der Waals surface area (Å²) < 4.78 is 14.8. The molecule has 2 aliphatic rings. The van der Waals surface area contributed by atoms with Crippen molar-refractivity contribution in [3.63, 3.8) is 0 Å². The van der Waals surface area contributed by atoms with Gasteiger partial charge in [0.2, 0.25) is 5.78 Å². The Balaban J connectivity index is 1.66. The number of halogens is 1. The molecule has 3 aromatic rings. The first-order valence-corrected chi connectivity index (χ1v) is 8.88. The zero-order valence-electron chi connectivity index (χ0n) is 14.8. The maximum Gasteiger partial charge on any atom is 0.266 e. The largest absolute Gasteiger partial charge is 0.369 e. The van der Waals surface area contributed by atoms with Crippen molar-refractivity contribution in [1.82, 2.24) is 14.5 Å². The van der Waals surface area contributed by atoms with E-state index in [9.17, 15) is 14.0 Å². The third-order valence-electron chi connectivity index (χ3n) is 5.37. The quantitative estimate of drug-likeness (QED) is 0.516. The van der Waals surface area contributed by atoms with E-state index >= 15 is 0 Å². The van der Waals surface area contributed by atoms with Gasteiger partial charge in [0, 0.05) is 31.9 Å². The molecule has 0 saturated carbocycles. The molecular formula is C20H17FN4O2. The van der Waals surface area contributed by atoms with E-state index in [-0.39, 0.29) is 16.9 Å². The summed E-state index contributed by atoms with van der Waals surface area (Å²) in [6.07, 6.45) is 0. The Morgan fingerprint density at radius 2 is 1.78 bits per heavy atom. The van der Waals surface area contributed by atoms with Crippen molar-refractivity contribution in [3.05, 3.63) is 64.0 Å². The van der Waals surface area contributed by atoms with Crippen LogP contribution >= 0.6 is 0 Å². The zero-order valence-corrected chi connectivity index (χ0v) is 14.8. The Morgan fingerprint density at radius 3 is 2.56 bits per heavy atom. The molecule has 1 saturated heterocycles. The molecule has 2 aliphatic heterocycles. The Morgan fingerprint density at radius 1 is 1.00 bits per heavy atom. The van der Waals surface area contributed by atoms with Gasteiger partial charge >= 0.3 is 0 Å². The third-order valence-corrected chi connectivity index (χ3v) is 5.37. The molecule has 0 atom stereocenters. The van der Waals surface area contributed by atoms with Crippen molar-refractivity contribution >= 4 is 22.4 Å². The lowest BCUT2D eigenvalue weighted by Crippen LogP contribution is -2.44. The van der Waals surface area contributed by atoms with Crippen molar-refractivity contribution in [2.24, 2.45) is 0 Å². The monoisotopic (exact) mass is 364 g/mol. The minimum Gasteiger partial charge on any atom is -0.369 e. The average Bonchev–Trinajstić information content (AvgIpc) is 2.94. The lowest BCUT2D eigenvalue weighted by atomic mass is 10.1. The number of likely N-dealkylation sites (N-methyl/N-ethyl adjacent to an activating group) is 1. The fourth-order valence-electron chi connectivity index (χ4n) is 3.82. The summed E-state index contributed by atoms with van der Waals surface area (Å²) in [6.45, 7) is 3.74. The van der Waals surface area contributed by atoms with Crippen LogP contribution in [0.2, 0.25) is 0 Å². The van der Waals surface area contributed by atoms with E-state index < -0.39 is 11.6 Å². The first kappa shape index (κ1) is 16.1. The van der Waals surface area contributed by atoms with Gasteiger partial charge in [0.05, 0.1) is 22.2 Å². The summed E-state index contributed by atoms with van der Waals surface area (Å²) >= 11 is 0. The second-order valence-electron chi connectivity index (χ2n) is 7.06. The van der Waals surface area contributed by atoms with Crippen molar-refractivity contribution in [2.75, 3.05) is 38.1 Å². The van der Waals surface area contributed by atoms with Crippen LogP contribution in [0.5, 0.6) is 0 Å². The van der Waals surface area contributed by atoms with Crippen LogP contribution in [0.1, 0.15) is 16.2 Å². The predicted octanol–water partition coefficient (Wildman–Crippen LogP) is 1.82. The van der Waals surface area contributed by atoms with Crippen LogP contribution in [-0.4, -0.2) is 53.5 Å². The van der Waals surface area contributed by atoms with Gasteiger partial charge in [-0.25, -0.2) is 9.37 Å². The lowest BCUT2D eigenvalue weighted by molar-refractivity contribution is 0.103. The fraction of sp³-hybridized carbons (Fsp3) is 0.250. The van der Waals surface area contributed by atoms with Gasteiger partial charge in [-0.3, -0.25) is 14.2 Å². The molecule has 27 heavy (non-hydrogen) atoms. The molecule has 2 aromatic carbocycles. The van der Waals surface area contributed by atoms with Gasteiger partial charge in [-0.2, -0.15) is 0 Å². The van der Waals surface area contributed by atoms with Crippen LogP contribution < -0.4 is 10.5 Å². The molecule has 136 valence electrons. The van der Waals surface area contributed by atoms with Crippen molar-refractivity contribution in [2.45, 2.75) is 0 Å². The second-order valence-corrected chi connectivity index (χ2v) is 7.06. The number of rotatable bonds is 1. The number of hydrogen-bond acceptors (Lipinski definition) is 5. The molecule has 7 heteroatoms. The molecule has 0 amide bonds. The molecule has 1 fully saturated rings. The number of piperazine rings is 1. The van der Waals surface area contributed by atoms with Gasteiger partial charge in [0.15, 0.2) is 5.82 Å².